The lowest BCUT2D eigenvalue weighted by Crippen LogP contribution is -2.36. The van der Waals surface area contributed by atoms with Crippen molar-refractivity contribution >= 4 is 28.5 Å². The molecule has 0 atom stereocenters. The van der Waals surface area contributed by atoms with E-state index in [1.54, 1.807) is 6.07 Å². The highest BCUT2D eigenvalue weighted by Crippen LogP contribution is 2.18. The Bertz CT molecular complexity index is 389. The summed E-state index contributed by atoms with van der Waals surface area (Å²) in [5, 5.41) is 17.8. The summed E-state index contributed by atoms with van der Waals surface area (Å²) in [6.45, 7) is 2.22. The van der Waals surface area contributed by atoms with E-state index in [1.807, 2.05) is 19.1 Å². The summed E-state index contributed by atoms with van der Waals surface area (Å²) < 4.78 is 0.913. The van der Waals surface area contributed by atoms with Crippen LogP contribution in [0.1, 0.15) is 15.9 Å². The molecule has 0 aliphatic rings. The largest absolute Gasteiger partial charge is 0.395 e. The first-order valence-electron chi connectivity index (χ1n) is 5.38. The van der Waals surface area contributed by atoms with Crippen LogP contribution in [-0.2, 0) is 0 Å². The van der Waals surface area contributed by atoms with E-state index in [1.165, 1.54) is 4.90 Å². The molecule has 0 bridgehead atoms. The van der Waals surface area contributed by atoms with Crippen LogP contribution in [0.3, 0.4) is 0 Å². The van der Waals surface area contributed by atoms with E-state index in [0.29, 0.717) is 5.56 Å². The van der Waals surface area contributed by atoms with Crippen molar-refractivity contribution in [1.82, 2.24) is 4.90 Å². The van der Waals surface area contributed by atoms with Gasteiger partial charge < -0.3 is 15.1 Å². The van der Waals surface area contributed by atoms with Gasteiger partial charge in [-0.3, -0.25) is 4.79 Å². The van der Waals surface area contributed by atoms with Crippen LogP contribution in [0.15, 0.2) is 18.2 Å². The molecule has 1 aromatic carbocycles. The molecule has 0 saturated carbocycles. The number of amides is 1. The summed E-state index contributed by atoms with van der Waals surface area (Å²) in [6, 6.07) is 5.54. The Labute approximate surface area is 114 Å². The van der Waals surface area contributed by atoms with Gasteiger partial charge in [0, 0.05) is 16.7 Å². The monoisotopic (exact) mass is 349 g/mol. The lowest BCUT2D eigenvalue weighted by Gasteiger charge is -2.21. The molecule has 0 aromatic heterocycles. The van der Waals surface area contributed by atoms with Crippen LogP contribution in [0, 0.1) is 10.5 Å². The fourth-order valence-corrected chi connectivity index (χ4v) is 2.13. The summed E-state index contributed by atoms with van der Waals surface area (Å²) in [5.41, 5.74) is 1.66. The van der Waals surface area contributed by atoms with Crippen molar-refractivity contribution in [2.24, 2.45) is 0 Å². The standard InChI is InChI=1S/C12H16INO3/c1-9-3-2-4-10(11(9)13)12(17)14(5-7-15)6-8-16/h2-4,15-16H,5-8H2,1H3. The van der Waals surface area contributed by atoms with Crippen molar-refractivity contribution in [2.75, 3.05) is 26.3 Å². The topological polar surface area (TPSA) is 60.8 Å². The maximum absolute atomic E-state index is 12.2. The summed E-state index contributed by atoms with van der Waals surface area (Å²) in [5.74, 6) is -0.152. The molecule has 4 nitrogen and oxygen atoms in total. The van der Waals surface area contributed by atoms with Gasteiger partial charge >= 0.3 is 0 Å². The Kier molecular flexibility index (Phi) is 5.87. The number of halogens is 1. The molecule has 0 heterocycles. The highest BCUT2D eigenvalue weighted by atomic mass is 127. The molecule has 0 saturated heterocycles. The van der Waals surface area contributed by atoms with E-state index in [-0.39, 0.29) is 32.2 Å². The van der Waals surface area contributed by atoms with Crippen molar-refractivity contribution in [2.45, 2.75) is 6.92 Å². The molecule has 1 aromatic rings. The second-order valence-corrected chi connectivity index (χ2v) is 4.75. The normalized spacial score (nSPS) is 10.4. The number of carbonyl (C=O) groups excluding carboxylic acids is 1. The summed E-state index contributed by atoms with van der Waals surface area (Å²) >= 11 is 2.14. The van der Waals surface area contributed by atoms with Gasteiger partial charge in [-0.15, -0.1) is 0 Å². The summed E-state index contributed by atoms with van der Waals surface area (Å²) in [4.78, 5) is 13.7. The van der Waals surface area contributed by atoms with Crippen molar-refractivity contribution in [3.8, 4) is 0 Å². The smallest absolute Gasteiger partial charge is 0.255 e. The Morgan fingerprint density at radius 1 is 1.29 bits per heavy atom. The summed E-state index contributed by atoms with van der Waals surface area (Å²) in [7, 11) is 0. The average Bonchev–Trinajstić information content (AvgIpc) is 2.31. The molecule has 0 aliphatic heterocycles. The minimum Gasteiger partial charge on any atom is -0.395 e. The second-order valence-electron chi connectivity index (χ2n) is 3.68. The lowest BCUT2D eigenvalue weighted by molar-refractivity contribution is 0.0683. The van der Waals surface area contributed by atoms with Crippen LogP contribution in [0.25, 0.3) is 0 Å². The molecule has 2 N–H and O–H groups in total. The van der Waals surface area contributed by atoms with Gasteiger partial charge in [-0.1, -0.05) is 12.1 Å². The van der Waals surface area contributed by atoms with Crippen molar-refractivity contribution < 1.29 is 15.0 Å². The number of hydrogen-bond acceptors (Lipinski definition) is 3. The molecule has 94 valence electrons. The van der Waals surface area contributed by atoms with Gasteiger partial charge in [0.2, 0.25) is 0 Å². The molecular formula is C12H16INO3. The van der Waals surface area contributed by atoms with Gasteiger partial charge in [0.1, 0.15) is 0 Å². The minimum atomic E-state index is -0.152. The van der Waals surface area contributed by atoms with Gasteiger partial charge in [-0.25, -0.2) is 0 Å². The summed E-state index contributed by atoms with van der Waals surface area (Å²) in [6.07, 6.45) is 0. The van der Waals surface area contributed by atoms with E-state index in [0.717, 1.165) is 9.13 Å². The van der Waals surface area contributed by atoms with Crippen LogP contribution >= 0.6 is 22.6 Å². The number of rotatable bonds is 5. The number of nitrogens with zero attached hydrogens (tertiary/aromatic N) is 1. The van der Waals surface area contributed by atoms with E-state index < -0.39 is 0 Å². The maximum Gasteiger partial charge on any atom is 0.255 e. The van der Waals surface area contributed by atoms with Crippen molar-refractivity contribution in [3.05, 3.63) is 32.9 Å². The Hall–Kier alpha value is -0.660. The zero-order chi connectivity index (χ0) is 12.8. The molecule has 0 radical (unpaired) electrons. The molecule has 0 fully saturated rings. The average molecular weight is 349 g/mol. The van der Waals surface area contributed by atoms with Crippen molar-refractivity contribution in [3.63, 3.8) is 0 Å². The molecule has 0 spiro atoms. The quantitative estimate of drug-likeness (QED) is 0.781. The number of hydrogen-bond donors (Lipinski definition) is 2. The van der Waals surface area contributed by atoms with Gasteiger partial charge in [0.05, 0.1) is 18.8 Å². The van der Waals surface area contributed by atoms with Crippen LogP contribution < -0.4 is 0 Å². The van der Waals surface area contributed by atoms with Gasteiger partial charge in [-0.2, -0.15) is 0 Å². The van der Waals surface area contributed by atoms with E-state index in [4.69, 9.17) is 10.2 Å². The predicted octanol–water partition coefficient (Wildman–Crippen LogP) is 1.03. The molecular weight excluding hydrogens is 333 g/mol. The fraction of sp³-hybridized carbons (Fsp3) is 0.417. The van der Waals surface area contributed by atoms with E-state index >= 15 is 0 Å². The molecule has 1 rings (SSSR count). The predicted molar refractivity (Wildman–Crippen MR) is 74.0 cm³/mol. The third kappa shape index (κ3) is 3.65. The molecule has 17 heavy (non-hydrogen) atoms. The molecule has 1 amide bonds. The number of aliphatic hydroxyl groups is 2. The Balaban J connectivity index is 2.96. The third-order valence-corrected chi connectivity index (χ3v) is 3.88. The number of carbonyl (C=O) groups is 1. The SMILES string of the molecule is Cc1cccc(C(=O)N(CCO)CCO)c1I. The molecule has 0 aliphatic carbocycles. The number of benzene rings is 1. The van der Waals surface area contributed by atoms with Gasteiger partial charge in [0.25, 0.3) is 5.91 Å². The first-order valence-corrected chi connectivity index (χ1v) is 6.45. The first-order chi connectivity index (χ1) is 8.11. The second kappa shape index (κ2) is 6.93. The zero-order valence-electron chi connectivity index (χ0n) is 9.69. The van der Waals surface area contributed by atoms with Gasteiger partial charge in [0.15, 0.2) is 0 Å². The fourth-order valence-electron chi connectivity index (χ4n) is 1.54. The Morgan fingerprint density at radius 3 is 2.41 bits per heavy atom. The first kappa shape index (κ1) is 14.4. The highest BCUT2D eigenvalue weighted by Gasteiger charge is 2.17. The Morgan fingerprint density at radius 2 is 1.88 bits per heavy atom. The van der Waals surface area contributed by atoms with Crippen LogP contribution in [0.2, 0.25) is 0 Å². The third-order valence-electron chi connectivity index (χ3n) is 2.45. The number of aliphatic hydroxyl groups excluding tert-OH is 2. The lowest BCUT2D eigenvalue weighted by atomic mass is 10.1. The highest BCUT2D eigenvalue weighted by molar-refractivity contribution is 14.1. The van der Waals surface area contributed by atoms with Crippen molar-refractivity contribution in [1.29, 1.82) is 0 Å². The van der Waals surface area contributed by atoms with Crippen LogP contribution in [0.5, 0.6) is 0 Å². The van der Waals surface area contributed by atoms with Crippen LogP contribution in [0.4, 0.5) is 0 Å². The zero-order valence-corrected chi connectivity index (χ0v) is 11.8. The van der Waals surface area contributed by atoms with E-state index in [9.17, 15) is 4.79 Å². The molecule has 5 heteroatoms. The molecule has 0 unspecified atom stereocenters. The number of aryl methyl sites for hydroxylation is 1. The minimum absolute atomic E-state index is 0.103. The van der Waals surface area contributed by atoms with Crippen LogP contribution in [-0.4, -0.2) is 47.3 Å². The maximum atomic E-state index is 12.2. The van der Waals surface area contributed by atoms with Gasteiger partial charge in [-0.05, 0) is 41.1 Å². The van der Waals surface area contributed by atoms with E-state index in [2.05, 4.69) is 22.6 Å².